The minimum Gasteiger partial charge on any atom is -0.477 e. The summed E-state index contributed by atoms with van der Waals surface area (Å²) in [6.45, 7) is 4.79. The molecule has 1 atom stereocenters. The van der Waals surface area contributed by atoms with Gasteiger partial charge in [0.25, 0.3) is 5.91 Å². The molecule has 0 radical (unpaired) electrons. The van der Waals surface area contributed by atoms with Crippen molar-refractivity contribution in [1.82, 2.24) is 4.98 Å². The Bertz CT molecular complexity index is 750. The molecule has 128 valence electrons. The fourth-order valence-corrected chi connectivity index (χ4v) is 2.69. The van der Waals surface area contributed by atoms with Crippen LogP contribution in [0.1, 0.15) is 42.7 Å². The number of rotatable bonds is 2. The van der Waals surface area contributed by atoms with Crippen LogP contribution in [-0.2, 0) is 6.42 Å². The molecule has 1 aromatic carbocycles. The molecule has 6 heteroatoms. The first-order valence-corrected chi connectivity index (χ1v) is 8.57. The molecule has 24 heavy (non-hydrogen) atoms. The molecule has 2 N–H and O–H groups in total. The maximum absolute atomic E-state index is 14.2. The van der Waals surface area contributed by atoms with Crippen LogP contribution in [0, 0.1) is 5.82 Å². The fourth-order valence-electron chi connectivity index (χ4n) is 2.44. The second-order valence-corrected chi connectivity index (χ2v) is 6.27. The number of hydrogen-bond acceptors (Lipinski definition) is 3. The number of pyridine rings is 1. The summed E-state index contributed by atoms with van der Waals surface area (Å²) in [5, 5.41) is 0.755. The summed E-state index contributed by atoms with van der Waals surface area (Å²) in [6, 6.07) is 6.45. The molecule has 1 aliphatic rings. The SMILES string of the molecule is CCC.NC(=O)c1cc(-c2ccc(P)cc2F)c2c(n1)OCCC2. The third-order valence-electron chi connectivity index (χ3n) is 3.43. The molecular formula is C18H22FN2O2P. The molecule has 2 heterocycles. The quantitative estimate of drug-likeness (QED) is 0.848. The van der Waals surface area contributed by atoms with Gasteiger partial charge in [-0.25, -0.2) is 9.37 Å². The molecule has 0 saturated heterocycles. The monoisotopic (exact) mass is 348 g/mol. The van der Waals surface area contributed by atoms with Gasteiger partial charge in [0.05, 0.1) is 6.61 Å². The lowest BCUT2D eigenvalue weighted by Crippen LogP contribution is -2.18. The molecule has 1 amide bonds. The van der Waals surface area contributed by atoms with Crippen LogP contribution in [0.25, 0.3) is 11.1 Å². The average molecular weight is 348 g/mol. The van der Waals surface area contributed by atoms with Crippen molar-refractivity contribution in [3.05, 3.63) is 41.3 Å². The van der Waals surface area contributed by atoms with Gasteiger partial charge in [-0.05, 0) is 35.8 Å². The van der Waals surface area contributed by atoms with Crippen molar-refractivity contribution < 1.29 is 13.9 Å². The molecule has 0 aliphatic carbocycles. The van der Waals surface area contributed by atoms with Crippen molar-refractivity contribution >= 4 is 20.5 Å². The van der Waals surface area contributed by atoms with E-state index >= 15 is 0 Å². The highest BCUT2D eigenvalue weighted by molar-refractivity contribution is 7.27. The zero-order chi connectivity index (χ0) is 17.7. The van der Waals surface area contributed by atoms with Gasteiger partial charge in [-0.2, -0.15) is 0 Å². The predicted molar refractivity (Wildman–Crippen MR) is 97.3 cm³/mol. The molecule has 0 saturated carbocycles. The van der Waals surface area contributed by atoms with Gasteiger partial charge in [-0.15, -0.1) is 9.24 Å². The van der Waals surface area contributed by atoms with Gasteiger partial charge in [0, 0.05) is 11.1 Å². The lowest BCUT2D eigenvalue weighted by atomic mass is 9.95. The summed E-state index contributed by atoms with van der Waals surface area (Å²) in [6.07, 6.45) is 2.82. The number of amides is 1. The Morgan fingerprint density at radius 1 is 1.33 bits per heavy atom. The number of nitrogens with two attached hydrogens (primary N) is 1. The Labute approximate surface area is 143 Å². The van der Waals surface area contributed by atoms with E-state index in [1.165, 1.54) is 18.6 Å². The van der Waals surface area contributed by atoms with Crippen LogP contribution in [0.3, 0.4) is 0 Å². The maximum atomic E-state index is 14.2. The van der Waals surface area contributed by atoms with Gasteiger partial charge < -0.3 is 10.5 Å². The van der Waals surface area contributed by atoms with Crippen LogP contribution in [-0.4, -0.2) is 17.5 Å². The lowest BCUT2D eigenvalue weighted by Gasteiger charge is -2.20. The average Bonchev–Trinajstić information content (AvgIpc) is 2.55. The summed E-state index contributed by atoms with van der Waals surface area (Å²) in [7, 11) is 2.45. The van der Waals surface area contributed by atoms with Crippen molar-refractivity contribution in [1.29, 1.82) is 0 Å². The molecule has 1 unspecified atom stereocenters. The highest BCUT2D eigenvalue weighted by atomic mass is 31.0. The minimum atomic E-state index is -0.656. The highest BCUT2D eigenvalue weighted by Gasteiger charge is 2.21. The molecule has 3 rings (SSSR count). The molecule has 1 aromatic heterocycles. The zero-order valence-electron chi connectivity index (χ0n) is 13.9. The van der Waals surface area contributed by atoms with Crippen molar-refractivity contribution in [2.75, 3.05) is 6.61 Å². The largest absolute Gasteiger partial charge is 0.477 e. The third-order valence-corrected chi connectivity index (χ3v) is 3.79. The number of nitrogens with zero attached hydrogens (tertiary/aromatic N) is 1. The Kier molecular flexibility index (Phi) is 6.27. The van der Waals surface area contributed by atoms with Crippen molar-refractivity contribution in [3.63, 3.8) is 0 Å². The van der Waals surface area contributed by atoms with Crippen LogP contribution < -0.4 is 15.8 Å². The standard InChI is InChI=1S/C15H14FN2O2P.C3H8/c16-12-6-8(21)3-4-9(12)11-7-13(14(17)19)18-15-10(11)2-1-5-20-15;1-3-2/h3-4,6-7H,1-2,5,21H2,(H2,17,19);3H2,1-2H3. The van der Waals surface area contributed by atoms with Crippen LogP contribution in [0.2, 0.25) is 0 Å². The number of carbonyl (C=O) groups excluding carboxylic acids is 1. The first kappa shape index (κ1) is 18.3. The van der Waals surface area contributed by atoms with Gasteiger partial charge in [0.15, 0.2) is 0 Å². The molecule has 0 spiro atoms. The first-order valence-electron chi connectivity index (χ1n) is 7.99. The lowest BCUT2D eigenvalue weighted by molar-refractivity contribution is 0.0994. The van der Waals surface area contributed by atoms with Gasteiger partial charge >= 0.3 is 0 Å². The van der Waals surface area contributed by atoms with E-state index in [9.17, 15) is 9.18 Å². The molecule has 4 nitrogen and oxygen atoms in total. The van der Waals surface area contributed by atoms with E-state index in [4.69, 9.17) is 10.5 Å². The molecule has 0 bridgehead atoms. The minimum absolute atomic E-state index is 0.0833. The number of ether oxygens (including phenoxy) is 1. The number of primary amides is 1. The van der Waals surface area contributed by atoms with Gasteiger partial charge in [0.2, 0.25) is 5.88 Å². The normalized spacial score (nSPS) is 12.5. The van der Waals surface area contributed by atoms with E-state index in [0.717, 1.165) is 23.7 Å². The molecule has 1 aliphatic heterocycles. The van der Waals surface area contributed by atoms with Crippen LogP contribution >= 0.6 is 9.24 Å². The second kappa shape index (κ2) is 8.20. The van der Waals surface area contributed by atoms with E-state index in [1.54, 1.807) is 12.1 Å². The number of aromatic nitrogens is 1. The number of halogens is 1. The van der Waals surface area contributed by atoms with Gasteiger partial charge in [0.1, 0.15) is 11.5 Å². The highest BCUT2D eigenvalue weighted by Crippen LogP contribution is 2.34. The number of carbonyl (C=O) groups is 1. The van der Waals surface area contributed by atoms with Crippen LogP contribution in [0.15, 0.2) is 24.3 Å². The topological polar surface area (TPSA) is 65.2 Å². The van der Waals surface area contributed by atoms with Crippen molar-refractivity contribution in [3.8, 4) is 17.0 Å². The Morgan fingerprint density at radius 3 is 2.67 bits per heavy atom. The molecular weight excluding hydrogens is 326 g/mol. The second-order valence-electron chi connectivity index (χ2n) is 5.60. The van der Waals surface area contributed by atoms with E-state index in [-0.39, 0.29) is 11.5 Å². The summed E-state index contributed by atoms with van der Waals surface area (Å²) in [4.78, 5) is 15.5. The third kappa shape index (κ3) is 4.09. The Morgan fingerprint density at radius 2 is 2.04 bits per heavy atom. The van der Waals surface area contributed by atoms with E-state index in [1.807, 2.05) is 0 Å². The summed E-state index contributed by atoms with van der Waals surface area (Å²) in [5.74, 6) is -0.630. The summed E-state index contributed by atoms with van der Waals surface area (Å²) < 4.78 is 19.7. The first-order chi connectivity index (χ1) is 11.5. The Balaban J connectivity index is 0.000000647. The van der Waals surface area contributed by atoms with Crippen LogP contribution in [0.5, 0.6) is 5.88 Å². The maximum Gasteiger partial charge on any atom is 0.267 e. The molecule has 2 aromatic rings. The number of hydrogen-bond donors (Lipinski definition) is 1. The fraction of sp³-hybridized carbons (Fsp3) is 0.333. The van der Waals surface area contributed by atoms with E-state index in [2.05, 4.69) is 28.1 Å². The van der Waals surface area contributed by atoms with Crippen LogP contribution in [0.4, 0.5) is 4.39 Å². The van der Waals surface area contributed by atoms with E-state index in [0.29, 0.717) is 23.6 Å². The zero-order valence-corrected chi connectivity index (χ0v) is 15.1. The van der Waals surface area contributed by atoms with Crippen molar-refractivity contribution in [2.45, 2.75) is 33.1 Å². The van der Waals surface area contributed by atoms with Gasteiger partial charge in [-0.1, -0.05) is 32.4 Å². The van der Waals surface area contributed by atoms with Crippen molar-refractivity contribution in [2.24, 2.45) is 5.73 Å². The number of benzene rings is 1. The van der Waals surface area contributed by atoms with Gasteiger partial charge in [-0.3, -0.25) is 4.79 Å². The van der Waals surface area contributed by atoms with E-state index < -0.39 is 5.91 Å². The number of fused-ring (bicyclic) bond motifs is 1. The Hall–Kier alpha value is -2.00. The summed E-state index contributed by atoms with van der Waals surface area (Å²) >= 11 is 0. The smallest absolute Gasteiger partial charge is 0.267 e. The molecule has 0 fully saturated rings. The predicted octanol–water partition coefficient (Wildman–Crippen LogP) is 3.23. The summed E-state index contributed by atoms with van der Waals surface area (Å²) in [5.41, 5.74) is 7.25.